The summed E-state index contributed by atoms with van der Waals surface area (Å²) in [5, 5.41) is 2.73. The Morgan fingerprint density at radius 1 is 0.586 bits per heavy atom. The molecule has 1 aromatic rings. The maximum atomic E-state index is 13.1. The number of rotatable bonds is 42. The quantitative estimate of drug-likeness (QED) is 0.0440. The molecule has 0 radical (unpaired) electrons. The van der Waals surface area contributed by atoms with Gasteiger partial charge in [0.2, 0.25) is 5.91 Å². The van der Waals surface area contributed by atoms with Crippen LogP contribution >= 0.6 is 24.8 Å². The summed E-state index contributed by atoms with van der Waals surface area (Å²) in [6, 6.07) is -1.85. The molecule has 0 saturated heterocycles. The lowest BCUT2D eigenvalue weighted by molar-refractivity contribution is -0.149. The van der Waals surface area contributed by atoms with E-state index < -0.39 is 24.0 Å². The molecule has 1 heterocycles. The molecule has 0 unspecified atom stereocenters. The molecule has 4 N–H and O–H groups in total. The number of hydrogen-bond acceptors (Lipinski definition) is 7. The van der Waals surface area contributed by atoms with Gasteiger partial charge in [0.25, 0.3) is 0 Å². The van der Waals surface area contributed by atoms with Crippen LogP contribution in [0, 0.1) is 0 Å². The molecular formula is C47H90Cl2N4O5. The van der Waals surface area contributed by atoms with Gasteiger partial charge in [-0.25, -0.2) is 9.78 Å². The number of unbranched alkanes of at least 4 members (excludes halogenated alkanes) is 30. The van der Waals surface area contributed by atoms with E-state index in [2.05, 4.69) is 29.1 Å². The summed E-state index contributed by atoms with van der Waals surface area (Å²) in [5.41, 5.74) is 6.12. The van der Waals surface area contributed by atoms with E-state index in [9.17, 15) is 14.4 Å². The van der Waals surface area contributed by atoms with E-state index >= 15 is 0 Å². The summed E-state index contributed by atoms with van der Waals surface area (Å²) >= 11 is 0. The molecular weight excluding hydrogens is 771 g/mol. The molecule has 11 heteroatoms. The highest BCUT2D eigenvalue weighted by molar-refractivity contribution is 5.88. The van der Waals surface area contributed by atoms with E-state index in [1.54, 1.807) is 12.4 Å². The standard InChI is InChI=1S/C47H88N4O5.2ClH/c1-3-5-7-9-11-13-15-17-19-21-23-25-27-29-31-33-39-55-45(52)36-35-43(51-46(53)42(48)41-44-49-37-38-50-44)47(54)56-40-34-32-30-28-26-24-22-20-18-16-14-12-10-8-6-4-2;;/h37-38,42-43H,3-36,39-41,48H2,1-2H3,(H,49,50)(H,51,53);2*1H/t42-,43+;;/m0../s1. The van der Waals surface area contributed by atoms with Crippen molar-refractivity contribution in [2.75, 3.05) is 13.2 Å². The first-order valence-electron chi connectivity index (χ1n) is 23.8. The summed E-state index contributed by atoms with van der Waals surface area (Å²) in [7, 11) is 0. The van der Waals surface area contributed by atoms with Crippen molar-refractivity contribution in [3.63, 3.8) is 0 Å². The minimum absolute atomic E-state index is 0. The molecule has 1 amide bonds. The number of halogens is 2. The van der Waals surface area contributed by atoms with Gasteiger partial charge in [0.15, 0.2) is 0 Å². The Hall–Kier alpha value is -1.84. The molecule has 0 aliphatic heterocycles. The second kappa shape index (κ2) is 44.7. The fourth-order valence-corrected chi connectivity index (χ4v) is 7.33. The van der Waals surface area contributed by atoms with Gasteiger partial charge in [-0.15, -0.1) is 24.8 Å². The molecule has 0 aliphatic rings. The van der Waals surface area contributed by atoms with Crippen molar-refractivity contribution in [1.82, 2.24) is 15.3 Å². The van der Waals surface area contributed by atoms with Crippen molar-refractivity contribution >= 4 is 42.7 Å². The van der Waals surface area contributed by atoms with E-state index in [4.69, 9.17) is 15.2 Å². The Bertz CT molecular complexity index is 1030. The number of imidazole rings is 1. The zero-order valence-electron chi connectivity index (χ0n) is 37.4. The van der Waals surface area contributed by atoms with Crippen LogP contribution in [0.15, 0.2) is 12.4 Å². The molecule has 0 saturated carbocycles. The van der Waals surface area contributed by atoms with Gasteiger partial charge in [0, 0.05) is 25.2 Å². The Morgan fingerprint density at radius 3 is 1.31 bits per heavy atom. The van der Waals surface area contributed by atoms with E-state index in [-0.39, 0.29) is 50.0 Å². The number of aromatic amines is 1. The largest absolute Gasteiger partial charge is 0.466 e. The van der Waals surface area contributed by atoms with Crippen LogP contribution in [0.1, 0.15) is 238 Å². The molecule has 342 valence electrons. The van der Waals surface area contributed by atoms with Gasteiger partial charge in [-0.2, -0.15) is 0 Å². The smallest absolute Gasteiger partial charge is 0.328 e. The summed E-state index contributed by atoms with van der Waals surface area (Å²) in [5.74, 6) is -0.786. The molecule has 2 atom stereocenters. The van der Waals surface area contributed by atoms with Crippen molar-refractivity contribution in [2.45, 2.75) is 251 Å². The molecule has 1 rings (SSSR count). The monoisotopic (exact) mass is 861 g/mol. The maximum Gasteiger partial charge on any atom is 0.328 e. The Labute approximate surface area is 368 Å². The third kappa shape index (κ3) is 37.2. The number of nitrogens with zero attached hydrogens (tertiary/aromatic N) is 1. The predicted molar refractivity (Wildman–Crippen MR) is 247 cm³/mol. The number of amides is 1. The van der Waals surface area contributed by atoms with Gasteiger partial charge in [-0.05, 0) is 19.3 Å². The number of esters is 2. The van der Waals surface area contributed by atoms with Gasteiger partial charge in [0.05, 0.1) is 19.3 Å². The first kappa shape index (κ1) is 58.3. The molecule has 0 bridgehead atoms. The third-order valence-corrected chi connectivity index (χ3v) is 11.0. The van der Waals surface area contributed by atoms with Crippen LogP contribution in [0.4, 0.5) is 0 Å². The highest BCUT2D eigenvalue weighted by Gasteiger charge is 2.26. The van der Waals surface area contributed by atoms with E-state index in [0.29, 0.717) is 19.0 Å². The van der Waals surface area contributed by atoms with Crippen molar-refractivity contribution in [3.05, 3.63) is 18.2 Å². The second-order valence-corrected chi connectivity index (χ2v) is 16.4. The molecule has 0 fully saturated rings. The average molecular weight is 862 g/mol. The number of nitrogens with two attached hydrogens (primary N) is 1. The van der Waals surface area contributed by atoms with Crippen molar-refractivity contribution in [2.24, 2.45) is 5.73 Å². The van der Waals surface area contributed by atoms with Crippen LogP contribution in [0.25, 0.3) is 0 Å². The highest BCUT2D eigenvalue weighted by Crippen LogP contribution is 2.16. The lowest BCUT2D eigenvalue weighted by atomic mass is 10.0. The number of nitrogens with one attached hydrogen (secondary N) is 2. The summed E-state index contributed by atoms with van der Waals surface area (Å²) in [6.45, 7) is 5.22. The predicted octanol–water partition coefficient (Wildman–Crippen LogP) is 13.0. The molecule has 0 aliphatic carbocycles. The number of carbonyl (C=O) groups is 3. The number of hydrogen-bond donors (Lipinski definition) is 3. The first-order valence-corrected chi connectivity index (χ1v) is 23.8. The number of ether oxygens (including phenoxy) is 2. The van der Waals surface area contributed by atoms with Crippen LogP contribution in [-0.2, 0) is 30.3 Å². The second-order valence-electron chi connectivity index (χ2n) is 16.4. The highest BCUT2D eigenvalue weighted by atomic mass is 35.5. The minimum atomic E-state index is -0.964. The van der Waals surface area contributed by atoms with Crippen LogP contribution < -0.4 is 11.1 Å². The number of aromatic nitrogens is 2. The van der Waals surface area contributed by atoms with Gasteiger partial charge in [-0.1, -0.05) is 206 Å². The maximum absolute atomic E-state index is 13.1. The molecule has 0 spiro atoms. The topological polar surface area (TPSA) is 136 Å². The van der Waals surface area contributed by atoms with Crippen molar-refractivity contribution in [3.8, 4) is 0 Å². The molecule has 58 heavy (non-hydrogen) atoms. The van der Waals surface area contributed by atoms with E-state index in [0.717, 1.165) is 38.5 Å². The average Bonchev–Trinajstić information content (AvgIpc) is 3.71. The number of H-pyrrole nitrogens is 1. The van der Waals surface area contributed by atoms with Crippen molar-refractivity contribution in [1.29, 1.82) is 0 Å². The van der Waals surface area contributed by atoms with E-state index in [1.807, 2.05) is 0 Å². The zero-order valence-corrected chi connectivity index (χ0v) is 39.0. The molecule has 0 aromatic carbocycles. The fourth-order valence-electron chi connectivity index (χ4n) is 7.33. The zero-order chi connectivity index (χ0) is 40.6. The SMILES string of the molecule is CCCCCCCCCCCCCCCCCCOC(=O)CC[C@@H](NC(=O)[C@@H](N)Cc1ncc[nH]1)C(=O)OCCCCCCCCCCCCCCCCCC.Cl.Cl. The van der Waals surface area contributed by atoms with Crippen LogP contribution in [0.2, 0.25) is 0 Å². The van der Waals surface area contributed by atoms with Gasteiger partial charge in [0.1, 0.15) is 11.9 Å². The number of carbonyl (C=O) groups excluding carboxylic acids is 3. The van der Waals surface area contributed by atoms with Crippen molar-refractivity contribution < 1.29 is 23.9 Å². The fraction of sp³-hybridized carbons (Fsp3) is 0.872. The van der Waals surface area contributed by atoms with Crippen LogP contribution in [0.5, 0.6) is 0 Å². The van der Waals surface area contributed by atoms with Gasteiger partial charge < -0.3 is 25.5 Å². The van der Waals surface area contributed by atoms with Crippen LogP contribution in [-0.4, -0.2) is 53.1 Å². The van der Waals surface area contributed by atoms with Gasteiger partial charge in [-0.3, -0.25) is 9.59 Å². The minimum Gasteiger partial charge on any atom is -0.466 e. The lowest BCUT2D eigenvalue weighted by Crippen LogP contribution is -2.50. The Morgan fingerprint density at radius 2 is 0.948 bits per heavy atom. The Balaban J connectivity index is 0. The molecule has 1 aromatic heterocycles. The van der Waals surface area contributed by atoms with E-state index in [1.165, 1.54) is 167 Å². The third-order valence-electron chi connectivity index (χ3n) is 11.0. The summed E-state index contributed by atoms with van der Waals surface area (Å²) in [4.78, 5) is 45.6. The summed E-state index contributed by atoms with van der Waals surface area (Å²) in [6.07, 6.45) is 44.7. The summed E-state index contributed by atoms with van der Waals surface area (Å²) < 4.78 is 11.0. The molecule has 9 nitrogen and oxygen atoms in total. The Kier molecular flexibility index (Phi) is 44.9. The first-order chi connectivity index (χ1) is 27.5. The lowest BCUT2D eigenvalue weighted by Gasteiger charge is -2.19. The van der Waals surface area contributed by atoms with Crippen LogP contribution in [0.3, 0.4) is 0 Å². The normalized spacial score (nSPS) is 12.0. The van der Waals surface area contributed by atoms with Gasteiger partial charge >= 0.3 is 11.9 Å².